The topological polar surface area (TPSA) is 116 Å². The molecule has 0 spiro atoms. The lowest BCUT2D eigenvalue weighted by molar-refractivity contribution is -0.140. The highest BCUT2D eigenvalue weighted by atomic mass is 19.4. The minimum Gasteiger partial charge on any atom is -0.480 e. The van der Waals surface area contributed by atoms with Crippen molar-refractivity contribution in [2.75, 3.05) is 12.4 Å². The van der Waals surface area contributed by atoms with E-state index in [2.05, 4.69) is 30.2 Å². The van der Waals surface area contributed by atoms with Gasteiger partial charge in [-0.25, -0.2) is 34.9 Å². The van der Waals surface area contributed by atoms with Crippen molar-refractivity contribution in [3.05, 3.63) is 66.3 Å². The van der Waals surface area contributed by atoms with Gasteiger partial charge in [0.1, 0.15) is 35.1 Å². The van der Waals surface area contributed by atoms with Gasteiger partial charge in [-0.2, -0.15) is 13.2 Å². The molecule has 0 atom stereocenters. The highest BCUT2D eigenvalue weighted by Gasteiger charge is 2.35. The van der Waals surface area contributed by atoms with Gasteiger partial charge in [0, 0.05) is 30.3 Å². The number of aromatic nitrogens is 8. The zero-order valence-corrected chi connectivity index (χ0v) is 22.5. The number of methoxy groups -OCH3 is 1. The van der Waals surface area contributed by atoms with E-state index in [0.29, 0.717) is 52.1 Å². The van der Waals surface area contributed by atoms with Crippen LogP contribution in [0.5, 0.6) is 5.88 Å². The van der Waals surface area contributed by atoms with E-state index in [1.165, 1.54) is 17.2 Å². The maximum absolute atomic E-state index is 13.3. The van der Waals surface area contributed by atoms with Crippen LogP contribution in [0.4, 0.5) is 19.0 Å². The SMILES string of the molecule is COc1ncnc(C2CC2)c1-c1nc(NCc2ccc(-c3nc(C(F)(F)F)cn3C(C)C)cc2)c2ncncc2n1. The minimum atomic E-state index is -4.52. The van der Waals surface area contributed by atoms with Gasteiger partial charge in [0.15, 0.2) is 17.3 Å². The smallest absolute Gasteiger partial charge is 0.434 e. The van der Waals surface area contributed by atoms with Crippen molar-refractivity contribution in [1.29, 1.82) is 0 Å². The highest BCUT2D eigenvalue weighted by molar-refractivity contribution is 5.87. The Labute approximate surface area is 233 Å². The van der Waals surface area contributed by atoms with Crippen molar-refractivity contribution < 1.29 is 17.9 Å². The number of hydrogen-bond acceptors (Lipinski definition) is 9. The Kier molecular flexibility index (Phi) is 6.72. The van der Waals surface area contributed by atoms with Gasteiger partial charge in [-0.1, -0.05) is 24.3 Å². The monoisotopic (exact) mass is 561 g/mol. The summed E-state index contributed by atoms with van der Waals surface area (Å²) in [5.74, 6) is 1.87. The summed E-state index contributed by atoms with van der Waals surface area (Å²) in [6, 6.07) is 7.02. The van der Waals surface area contributed by atoms with Gasteiger partial charge >= 0.3 is 6.18 Å². The molecule has 4 aromatic heterocycles. The van der Waals surface area contributed by atoms with Crippen LogP contribution in [-0.2, 0) is 12.7 Å². The minimum absolute atomic E-state index is 0.189. The Bertz CT molecular complexity index is 1710. The van der Waals surface area contributed by atoms with Crippen molar-refractivity contribution in [2.45, 2.75) is 51.4 Å². The first-order valence-corrected chi connectivity index (χ1v) is 13.1. The number of rotatable bonds is 8. The zero-order chi connectivity index (χ0) is 28.7. The Balaban J connectivity index is 1.31. The van der Waals surface area contributed by atoms with Crippen molar-refractivity contribution in [2.24, 2.45) is 0 Å². The van der Waals surface area contributed by atoms with E-state index in [-0.39, 0.29) is 11.9 Å². The van der Waals surface area contributed by atoms with E-state index in [1.54, 1.807) is 25.4 Å². The number of ether oxygens (including phenoxy) is 1. The molecule has 1 saturated carbocycles. The summed E-state index contributed by atoms with van der Waals surface area (Å²) >= 11 is 0. The largest absolute Gasteiger partial charge is 0.480 e. The van der Waals surface area contributed by atoms with Gasteiger partial charge in [0.25, 0.3) is 0 Å². The van der Waals surface area contributed by atoms with Crippen LogP contribution >= 0.6 is 0 Å². The number of anilines is 1. The van der Waals surface area contributed by atoms with Gasteiger partial charge in [-0.05, 0) is 32.3 Å². The molecular weight excluding hydrogens is 535 g/mol. The molecule has 1 N–H and O–H groups in total. The van der Waals surface area contributed by atoms with Crippen LogP contribution < -0.4 is 10.1 Å². The van der Waals surface area contributed by atoms with E-state index < -0.39 is 11.9 Å². The van der Waals surface area contributed by atoms with Crippen LogP contribution in [0.1, 0.15) is 55.6 Å². The van der Waals surface area contributed by atoms with Crippen LogP contribution in [0.25, 0.3) is 33.8 Å². The third-order valence-electron chi connectivity index (χ3n) is 6.84. The Hall–Kier alpha value is -4.68. The summed E-state index contributed by atoms with van der Waals surface area (Å²) in [6.07, 6.45) is 3.12. The number of fused-ring (bicyclic) bond motifs is 1. The molecule has 10 nitrogen and oxygen atoms in total. The van der Waals surface area contributed by atoms with Crippen LogP contribution in [-0.4, -0.2) is 46.6 Å². The lowest BCUT2D eigenvalue weighted by Gasteiger charge is -2.14. The fourth-order valence-corrected chi connectivity index (χ4v) is 4.63. The standard InChI is InChI=1S/C28H26F3N9O/c1-15(2)40-12-20(28(29,30)31)38-26(40)18-6-4-16(5-7-18)10-33-25-23-19(11-32-13-34-23)37-24(39-25)21-22(17-8-9-17)35-14-36-27(21)41-3/h4-7,11-15,17H,8-10H2,1-3H3,(H,33,37,39). The molecule has 0 unspecified atom stereocenters. The first-order chi connectivity index (χ1) is 19.7. The first kappa shape index (κ1) is 26.5. The fourth-order valence-electron chi connectivity index (χ4n) is 4.63. The Morgan fingerprint density at radius 3 is 2.49 bits per heavy atom. The van der Waals surface area contributed by atoms with Crippen LogP contribution in [0.3, 0.4) is 0 Å². The number of imidazole rings is 1. The molecule has 6 rings (SSSR count). The van der Waals surface area contributed by atoms with E-state index in [1.807, 2.05) is 26.0 Å². The zero-order valence-electron chi connectivity index (χ0n) is 22.5. The maximum atomic E-state index is 13.3. The molecule has 0 bridgehead atoms. The highest BCUT2D eigenvalue weighted by Crippen LogP contribution is 2.45. The fraction of sp³-hybridized carbons (Fsp3) is 0.321. The van der Waals surface area contributed by atoms with Crippen LogP contribution in [0.2, 0.25) is 0 Å². The summed E-state index contributed by atoms with van der Waals surface area (Å²) < 4.78 is 47.0. The molecule has 13 heteroatoms. The van der Waals surface area contributed by atoms with Gasteiger partial charge in [-0.3, -0.25) is 0 Å². The number of nitrogens with zero attached hydrogens (tertiary/aromatic N) is 8. The predicted molar refractivity (Wildman–Crippen MR) is 145 cm³/mol. The summed E-state index contributed by atoms with van der Waals surface area (Å²) in [6.45, 7) is 4.01. The van der Waals surface area contributed by atoms with Crippen molar-refractivity contribution in [1.82, 2.24) is 39.5 Å². The summed E-state index contributed by atoms with van der Waals surface area (Å²) in [4.78, 5) is 30.7. The molecular formula is C28H26F3N9O. The quantitative estimate of drug-likeness (QED) is 0.249. The molecule has 0 amide bonds. The van der Waals surface area contributed by atoms with Gasteiger partial charge in [0.05, 0.1) is 19.0 Å². The predicted octanol–water partition coefficient (Wildman–Crippen LogP) is 5.84. The van der Waals surface area contributed by atoms with Gasteiger partial charge < -0.3 is 14.6 Å². The van der Waals surface area contributed by atoms with Crippen molar-refractivity contribution >= 4 is 16.9 Å². The molecule has 1 aliphatic carbocycles. The summed E-state index contributed by atoms with van der Waals surface area (Å²) in [5.41, 5.74) is 3.15. The Morgan fingerprint density at radius 2 is 1.80 bits per heavy atom. The lowest BCUT2D eigenvalue weighted by Crippen LogP contribution is -2.07. The molecule has 210 valence electrons. The van der Waals surface area contributed by atoms with Crippen molar-refractivity contribution in [3.63, 3.8) is 0 Å². The average Bonchev–Trinajstić information content (AvgIpc) is 3.71. The van der Waals surface area contributed by atoms with E-state index >= 15 is 0 Å². The second-order valence-electron chi connectivity index (χ2n) is 10.1. The molecule has 1 fully saturated rings. The Morgan fingerprint density at radius 1 is 1.02 bits per heavy atom. The lowest BCUT2D eigenvalue weighted by atomic mass is 10.1. The molecule has 41 heavy (non-hydrogen) atoms. The van der Waals surface area contributed by atoms with E-state index in [9.17, 15) is 13.2 Å². The van der Waals surface area contributed by atoms with E-state index in [0.717, 1.165) is 30.3 Å². The molecule has 0 aliphatic heterocycles. The average molecular weight is 562 g/mol. The van der Waals surface area contributed by atoms with Crippen LogP contribution in [0, 0.1) is 0 Å². The number of alkyl halides is 3. The van der Waals surface area contributed by atoms with E-state index in [4.69, 9.17) is 14.7 Å². The molecule has 5 aromatic rings. The number of nitrogens with one attached hydrogen (secondary N) is 1. The molecule has 1 aromatic carbocycles. The molecule has 0 radical (unpaired) electrons. The number of halogens is 3. The summed E-state index contributed by atoms with van der Waals surface area (Å²) in [5, 5.41) is 3.34. The second-order valence-corrected chi connectivity index (χ2v) is 10.1. The molecule has 1 aliphatic rings. The maximum Gasteiger partial charge on any atom is 0.434 e. The normalized spacial score (nSPS) is 13.6. The summed E-state index contributed by atoms with van der Waals surface area (Å²) in [7, 11) is 1.55. The molecule has 4 heterocycles. The first-order valence-electron chi connectivity index (χ1n) is 13.1. The second kappa shape index (κ2) is 10.4. The third-order valence-corrected chi connectivity index (χ3v) is 6.84. The third kappa shape index (κ3) is 5.26. The number of hydrogen-bond donors (Lipinski definition) is 1. The molecule has 0 saturated heterocycles. The van der Waals surface area contributed by atoms with Gasteiger partial charge in [0.2, 0.25) is 5.88 Å². The van der Waals surface area contributed by atoms with Crippen molar-refractivity contribution in [3.8, 4) is 28.7 Å². The number of benzene rings is 1. The van der Waals surface area contributed by atoms with Gasteiger partial charge in [-0.15, -0.1) is 0 Å². The van der Waals surface area contributed by atoms with Crippen LogP contribution in [0.15, 0.2) is 49.3 Å².